The third kappa shape index (κ3) is 5.89. The van der Waals surface area contributed by atoms with Crippen LogP contribution in [0.15, 0.2) is 47.2 Å². The molecule has 10 nitrogen and oxygen atoms in total. The average molecular weight is 535 g/mol. The number of carbonyl (C=O) groups excluding carboxylic acids is 2. The highest BCUT2D eigenvalue weighted by molar-refractivity contribution is 8.01. The van der Waals surface area contributed by atoms with Crippen molar-refractivity contribution in [2.24, 2.45) is 11.5 Å². The number of rotatable bonds is 8. The molecule has 0 bridgehead atoms. The van der Waals surface area contributed by atoms with E-state index in [9.17, 15) is 29.4 Å². The van der Waals surface area contributed by atoms with E-state index in [1.807, 2.05) is 18.2 Å². The Bertz CT molecular complexity index is 1100. The van der Waals surface area contributed by atoms with Crippen molar-refractivity contribution in [2.75, 3.05) is 6.54 Å². The number of amides is 2. The van der Waals surface area contributed by atoms with Crippen molar-refractivity contribution in [1.82, 2.24) is 10.2 Å². The van der Waals surface area contributed by atoms with Crippen LogP contribution in [0.2, 0.25) is 0 Å². The van der Waals surface area contributed by atoms with Gasteiger partial charge in [-0.2, -0.15) is 11.3 Å². The van der Waals surface area contributed by atoms with Crippen LogP contribution in [0.4, 0.5) is 0 Å². The number of fused-ring (bicyclic) bond motifs is 1. The van der Waals surface area contributed by atoms with Gasteiger partial charge in [-0.3, -0.25) is 14.4 Å². The molecular weight excluding hydrogens is 504 g/mol. The molecule has 36 heavy (non-hydrogen) atoms. The molecule has 7 N–H and O–H groups in total. The van der Waals surface area contributed by atoms with Gasteiger partial charge in [0.1, 0.15) is 17.5 Å². The first-order chi connectivity index (χ1) is 17.0. The van der Waals surface area contributed by atoms with Crippen molar-refractivity contribution in [3.05, 3.63) is 58.3 Å². The second kappa shape index (κ2) is 11.4. The molecule has 2 aliphatic rings. The number of nitrogens with two attached hydrogens (primary N) is 2. The van der Waals surface area contributed by atoms with E-state index < -0.39 is 51.9 Å². The van der Waals surface area contributed by atoms with E-state index in [4.69, 9.17) is 11.5 Å². The second-order valence-corrected chi connectivity index (χ2v) is 11.6. The Morgan fingerprint density at radius 1 is 1.17 bits per heavy atom. The number of β-lactam (4-membered cyclic amide) rings is 1. The van der Waals surface area contributed by atoms with E-state index in [1.165, 1.54) is 33.6 Å². The van der Waals surface area contributed by atoms with Gasteiger partial charge in [0.2, 0.25) is 11.8 Å². The van der Waals surface area contributed by atoms with E-state index in [0.717, 1.165) is 6.42 Å². The van der Waals surface area contributed by atoms with E-state index in [0.29, 0.717) is 12.1 Å². The van der Waals surface area contributed by atoms with Crippen LogP contribution < -0.4 is 16.8 Å². The smallest absolute Gasteiger partial charge is 0.327 e. The monoisotopic (exact) mass is 534 g/mol. The Morgan fingerprint density at radius 2 is 1.83 bits per heavy atom. The Kier molecular flexibility index (Phi) is 8.77. The molecule has 2 amide bonds. The van der Waals surface area contributed by atoms with Crippen molar-refractivity contribution in [1.29, 1.82) is 0 Å². The number of carboxylic acids is 2. The minimum absolute atomic E-state index is 0.0948. The summed E-state index contributed by atoms with van der Waals surface area (Å²) in [5.74, 6) is -5.08. The van der Waals surface area contributed by atoms with Crippen LogP contribution in [0, 0.1) is 0 Å². The molecule has 2 saturated heterocycles. The molecule has 194 valence electrons. The van der Waals surface area contributed by atoms with E-state index in [-0.39, 0.29) is 6.04 Å². The maximum absolute atomic E-state index is 12.4. The zero-order valence-electron chi connectivity index (χ0n) is 19.9. The van der Waals surface area contributed by atoms with Crippen molar-refractivity contribution in [3.63, 3.8) is 0 Å². The summed E-state index contributed by atoms with van der Waals surface area (Å²) in [6.45, 7) is 4.01. The van der Waals surface area contributed by atoms with Crippen molar-refractivity contribution >= 4 is 46.9 Å². The van der Waals surface area contributed by atoms with Crippen LogP contribution >= 0.6 is 23.1 Å². The fourth-order valence-corrected chi connectivity index (χ4v) is 6.54. The van der Waals surface area contributed by atoms with Gasteiger partial charge < -0.3 is 31.9 Å². The zero-order valence-corrected chi connectivity index (χ0v) is 21.5. The average Bonchev–Trinajstić information content (AvgIpc) is 3.42. The summed E-state index contributed by atoms with van der Waals surface area (Å²) in [4.78, 5) is 48.9. The molecule has 2 unspecified atom stereocenters. The fourth-order valence-electron chi connectivity index (χ4n) is 4.23. The third-order valence-electron chi connectivity index (χ3n) is 6.00. The Morgan fingerprint density at radius 3 is 2.36 bits per heavy atom. The number of carboxylic acid groups (broad SMARTS) is 2. The van der Waals surface area contributed by atoms with Gasteiger partial charge in [-0.05, 0) is 48.2 Å². The first-order valence-corrected chi connectivity index (χ1v) is 13.1. The summed E-state index contributed by atoms with van der Waals surface area (Å²) in [6.07, 6.45) is 0.872. The van der Waals surface area contributed by atoms with Gasteiger partial charge >= 0.3 is 11.9 Å². The summed E-state index contributed by atoms with van der Waals surface area (Å²) in [5, 5.41) is 23.9. The number of hydrogen-bond donors (Lipinski definition) is 5. The summed E-state index contributed by atoms with van der Waals surface area (Å²) >= 11 is 2.56. The maximum atomic E-state index is 12.4. The van der Waals surface area contributed by atoms with Gasteiger partial charge in [-0.1, -0.05) is 30.3 Å². The maximum Gasteiger partial charge on any atom is 0.327 e. The Labute approximate surface area is 217 Å². The second-order valence-electron chi connectivity index (χ2n) is 9.10. The molecule has 1 aromatic heterocycles. The van der Waals surface area contributed by atoms with Crippen LogP contribution in [0.3, 0.4) is 0 Å². The van der Waals surface area contributed by atoms with Crippen molar-refractivity contribution < 1.29 is 29.4 Å². The summed E-state index contributed by atoms with van der Waals surface area (Å²) in [5.41, 5.74) is 12.7. The lowest BCUT2D eigenvalue weighted by molar-refractivity contribution is -0.161. The topological polar surface area (TPSA) is 176 Å². The predicted octanol–water partition coefficient (Wildman–Crippen LogP) is 1.06. The number of thiophene rings is 1. The van der Waals surface area contributed by atoms with Crippen LogP contribution in [0.5, 0.6) is 0 Å². The SMILES string of the molecule is CC1(C)S[C@@H]2[C@H](NC(=O)C(C(=O)O)c3ccsc3)C(=O)N2[C@H]1C(=O)O.NCC(N)Cc1ccccc1. The van der Waals surface area contributed by atoms with Gasteiger partial charge in [-0.15, -0.1) is 11.8 Å². The number of aliphatic carboxylic acids is 2. The summed E-state index contributed by atoms with van der Waals surface area (Å²) in [6, 6.07) is 9.90. The highest BCUT2D eigenvalue weighted by atomic mass is 32.2. The van der Waals surface area contributed by atoms with Crippen molar-refractivity contribution in [3.8, 4) is 0 Å². The fraction of sp³-hybridized carbons (Fsp3) is 0.417. The minimum atomic E-state index is -1.40. The molecule has 2 aliphatic heterocycles. The Balaban J connectivity index is 0.000000275. The highest BCUT2D eigenvalue weighted by Crippen LogP contribution is 2.50. The van der Waals surface area contributed by atoms with Crippen LogP contribution in [0.25, 0.3) is 0 Å². The molecule has 0 radical (unpaired) electrons. The number of benzene rings is 1. The molecule has 0 aliphatic carbocycles. The molecule has 3 heterocycles. The largest absolute Gasteiger partial charge is 0.480 e. The van der Waals surface area contributed by atoms with Gasteiger partial charge in [0.05, 0.1) is 0 Å². The third-order valence-corrected chi connectivity index (χ3v) is 8.27. The minimum Gasteiger partial charge on any atom is -0.480 e. The number of carbonyl (C=O) groups is 4. The standard InChI is InChI=1S/C15H16N2O6S2.C9H14N2/c1-15(2)9(14(22)23)17-11(19)8(12(17)25-15)16-10(18)7(13(20)21)6-3-4-24-5-6;10-7-9(11)6-8-4-2-1-3-5-8/h3-5,7-9,12H,1-2H3,(H,16,18)(H,20,21)(H,22,23);1-5,9H,6-7,10-11H2/t7?,8-,9+,12-;/m1./s1. The molecule has 0 spiro atoms. The molecule has 2 fully saturated rings. The molecule has 1 aromatic carbocycles. The first-order valence-electron chi connectivity index (χ1n) is 11.3. The number of thioether (sulfide) groups is 1. The van der Waals surface area contributed by atoms with Crippen LogP contribution in [0.1, 0.15) is 30.9 Å². The van der Waals surface area contributed by atoms with E-state index in [2.05, 4.69) is 17.4 Å². The molecular formula is C24H30N4O6S2. The number of nitrogens with one attached hydrogen (secondary N) is 1. The summed E-state index contributed by atoms with van der Waals surface area (Å²) < 4.78 is -0.703. The highest BCUT2D eigenvalue weighted by Gasteiger charge is 2.64. The quantitative estimate of drug-likeness (QED) is 0.245. The van der Waals surface area contributed by atoms with E-state index >= 15 is 0 Å². The lowest BCUT2D eigenvalue weighted by Crippen LogP contribution is -2.71. The lowest BCUT2D eigenvalue weighted by Gasteiger charge is -2.43. The van der Waals surface area contributed by atoms with Gasteiger partial charge in [0.25, 0.3) is 0 Å². The number of nitrogens with zero attached hydrogens (tertiary/aromatic N) is 1. The molecule has 5 atom stereocenters. The van der Waals surface area contributed by atoms with Gasteiger partial charge in [-0.25, -0.2) is 4.79 Å². The molecule has 12 heteroatoms. The molecule has 4 rings (SSSR count). The predicted molar refractivity (Wildman–Crippen MR) is 138 cm³/mol. The van der Waals surface area contributed by atoms with E-state index in [1.54, 1.807) is 30.7 Å². The van der Waals surface area contributed by atoms with Crippen LogP contribution in [-0.2, 0) is 25.6 Å². The number of hydrogen-bond acceptors (Lipinski definition) is 8. The molecule has 2 aromatic rings. The first kappa shape index (κ1) is 27.7. The van der Waals surface area contributed by atoms with Gasteiger partial charge in [0, 0.05) is 17.3 Å². The van der Waals surface area contributed by atoms with Gasteiger partial charge in [0.15, 0.2) is 5.92 Å². The normalized spacial score (nSPS) is 23.4. The molecule has 0 saturated carbocycles. The lowest BCUT2D eigenvalue weighted by atomic mass is 9.95. The van der Waals surface area contributed by atoms with Crippen molar-refractivity contribution in [2.45, 2.75) is 54.4 Å². The Hall–Kier alpha value is -2.93. The zero-order chi connectivity index (χ0) is 26.6. The van der Waals surface area contributed by atoms with Crippen LogP contribution in [-0.4, -0.2) is 73.7 Å². The summed E-state index contributed by atoms with van der Waals surface area (Å²) in [7, 11) is 0.